The molecule has 112 valence electrons. The lowest BCUT2D eigenvalue weighted by Gasteiger charge is -2.07. The number of aliphatic imine (C=N–C) groups is 1. The van der Waals surface area contributed by atoms with Gasteiger partial charge < -0.3 is 15.9 Å². The molecule has 0 heterocycles. The maximum atomic E-state index is 12.1. The number of carbonyl (C=O) groups is 2. The molecule has 1 amide bonds. The Morgan fingerprint density at radius 3 is 2.41 bits per heavy atom. The number of nitrogens with zero attached hydrogens (tertiary/aromatic N) is 1. The van der Waals surface area contributed by atoms with Crippen molar-refractivity contribution >= 4 is 23.9 Å². The molecule has 0 aliphatic carbocycles. The Morgan fingerprint density at radius 1 is 1.09 bits per heavy atom. The van der Waals surface area contributed by atoms with Crippen LogP contribution in [0.15, 0.2) is 53.5 Å². The van der Waals surface area contributed by atoms with Gasteiger partial charge in [0.25, 0.3) is 5.91 Å². The molecule has 22 heavy (non-hydrogen) atoms. The summed E-state index contributed by atoms with van der Waals surface area (Å²) >= 11 is 0. The summed E-state index contributed by atoms with van der Waals surface area (Å²) in [5, 5.41) is 0. The van der Waals surface area contributed by atoms with Gasteiger partial charge >= 0.3 is 5.97 Å². The topological polar surface area (TPSA) is 120 Å². The van der Waals surface area contributed by atoms with E-state index in [2.05, 4.69) is 10.4 Å². The summed E-state index contributed by atoms with van der Waals surface area (Å²) in [5.74, 6) is 3.93. The normalized spacial score (nSPS) is 10.4. The van der Waals surface area contributed by atoms with Gasteiger partial charge in [0.2, 0.25) is 0 Å². The van der Waals surface area contributed by atoms with Crippen molar-refractivity contribution in [2.24, 2.45) is 16.6 Å². The van der Waals surface area contributed by atoms with Crippen LogP contribution in [0.3, 0.4) is 0 Å². The number of ether oxygens (including phenoxy) is 1. The number of primary amides is 1. The van der Waals surface area contributed by atoms with Gasteiger partial charge in [0, 0.05) is 0 Å². The van der Waals surface area contributed by atoms with E-state index in [0.29, 0.717) is 11.3 Å². The van der Waals surface area contributed by atoms with Crippen LogP contribution in [0, 0.1) is 0 Å². The first-order valence-corrected chi connectivity index (χ1v) is 6.31. The van der Waals surface area contributed by atoms with Crippen LogP contribution in [0.4, 0.5) is 5.69 Å². The van der Waals surface area contributed by atoms with E-state index >= 15 is 0 Å². The van der Waals surface area contributed by atoms with Gasteiger partial charge in [-0.3, -0.25) is 4.79 Å². The molecule has 0 fully saturated rings. The SMILES string of the molecule is NNC=Nc1ccc(C(=O)Oc2ccccc2C(N)=O)cc1. The fourth-order valence-electron chi connectivity index (χ4n) is 1.71. The highest BCUT2D eigenvalue weighted by atomic mass is 16.5. The van der Waals surface area contributed by atoms with Gasteiger partial charge in [0.05, 0.1) is 16.8 Å². The summed E-state index contributed by atoms with van der Waals surface area (Å²) in [5.41, 5.74) is 8.59. The van der Waals surface area contributed by atoms with Crippen LogP contribution < -0.4 is 21.7 Å². The van der Waals surface area contributed by atoms with Gasteiger partial charge in [-0.15, -0.1) is 0 Å². The van der Waals surface area contributed by atoms with Crippen molar-refractivity contribution in [1.29, 1.82) is 0 Å². The molecular formula is C15H14N4O3. The van der Waals surface area contributed by atoms with E-state index in [1.54, 1.807) is 36.4 Å². The number of amides is 1. The van der Waals surface area contributed by atoms with Crippen molar-refractivity contribution in [3.05, 3.63) is 59.7 Å². The van der Waals surface area contributed by atoms with Gasteiger partial charge in [-0.2, -0.15) is 0 Å². The van der Waals surface area contributed by atoms with Crippen LogP contribution in [0.5, 0.6) is 5.75 Å². The van der Waals surface area contributed by atoms with Crippen LogP contribution in [0.2, 0.25) is 0 Å². The Morgan fingerprint density at radius 2 is 1.77 bits per heavy atom. The summed E-state index contributed by atoms with van der Waals surface area (Å²) in [6.07, 6.45) is 1.32. The monoisotopic (exact) mass is 298 g/mol. The molecule has 2 rings (SSSR count). The fourth-order valence-corrected chi connectivity index (χ4v) is 1.71. The molecule has 0 saturated heterocycles. The quantitative estimate of drug-likeness (QED) is 0.191. The second-order valence-electron chi connectivity index (χ2n) is 4.22. The first kappa shape index (κ1) is 15.2. The zero-order chi connectivity index (χ0) is 15.9. The molecule has 0 unspecified atom stereocenters. The van der Waals surface area contributed by atoms with E-state index in [4.69, 9.17) is 16.3 Å². The molecule has 5 N–H and O–H groups in total. The minimum atomic E-state index is -0.664. The van der Waals surface area contributed by atoms with E-state index < -0.39 is 11.9 Å². The number of carbonyl (C=O) groups excluding carboxylic acids is 2. The fraction of sp³-hybridized carbons (Fsp3) is 0. The maximum Gasteiger partial charge on any atom is 0.343 e. The van der Waals surface area contributed by atoms with Gasteiger partial charge in [-0.05, 0) is 36.4 Å². The first-order chi connectivity index (χ1) is 10.6. The van der Waals surface area contributed by atoms with Crippen molar-refractivity contribution in [2.45, 2.75) is 0 Å². The smallest absolute Gasteiger partial charge is 0.343 e. The van der Waals surface area contributed by atoms with Crippen LogP contribution in [-0.4, -0.2) is 18.2 Å². The Kier molecular flexibility index (Phi) is 4.84. The number of benzene rings is 2. The summed E-state index contributed by atoms with van der Waals surface area (Å²) in [6.45, 7) is 0. The molecule has 2 aromatic rings. The maximum absolute atomic E-state index is 12.1. The van der Waals surface area contributed by atoms with Crippen molar-refractivity contribution < 1.29 is 14.3 Å². The molecule has 0 aliphatic rings. The lowest BCUT2D eigenvalue weighted by atomic mass is 10.2. The number of rotatable bonds is 5. The molecule has 0 aliphatic heterocycles. The van der Waals surface area contributed by atoms with Crippen molar-refractivity contribution in [3.8, 4) is 5.75 Å². The van der Waals surface area contributed by atoms with Crippen molar-refractivity contribution in [1.82, 2.24) is 5.43 Å². The molecule has 0 atom stereocenters. The Bertz CT molecular complexity index is 711. The summed E-state index contributed by atoms with van der Waals surface area (Å²) in [4.78, 5) is 27.3. The van der Waals surface area contributed by atoms with E-state index in [1.165, 1.54) is 18.5 Å². The second-order valence-corrected chi connectivity index (χ2v) is 4.22. The first-order valence-electron chi connectivity index (χ1n) is 6.31. The zero-order valence-corrected chi connectivity index (χ0v) is 11.5. The molecule has 0 bridgehead atoms. The van der Waals surface area contributed by atoms with E-state index in [9.17, 15) is 9.59 Å². The Balaban J connectivity index is 2.16. The molecule has 0 aromatic heterocycles. The lowest BCUT2D eigenvalue weighted by molar-refractivity contribution is 0.0733. The number of nitrogens with two attached hydrogens (primary N) is 2. The predicted molar refractivity (Wildman–Crippen MR) is 81.8 cm³/mol. The van der Waals surface area contributed by atoms with Crippen LogP contribution in [-0.2, 0) is 0 Å². The second kappa shape index (κ2) is 7.00. The number of para-hydroxylation sites is 1. The third-order valence-electron chi connectivity index (χ3n) is 2.75. The Hall–Kier alpha value is -3.19. The molecule has 0 saturated carbocycles. The Labute approximate surface area is 126 Å². The third kappa shape index (κ3) is 3.68. The van der Waals surface area contributed by atoms with Crippen LogP contribution in [0.25, 0.3) is 0 Å². The number of esters is 1. The molecular weight excluding hydrogens is 284 g/mol. The molecule has 7 nitrogen and oxygen atoms in total. The minimum Gasteiger partial charge on any atom is -0.422 e. The molecule has 0 radical (unpaired) electrons. The highest BCUT2D eigenvalue weighted by Crippen LogP contribution is 2.19. The number of hydrogen-bond donors (Lipinski definition) is 3. The lowest BCUT2D eigenvalue weighted by Crippen LogP contribution is -2.18. The van der Waals surface area contributed by atoms with Gasteiger partial charge in [0.1, 0.15) is 12.1 Å². The van der Waals surface area contributed by atoms with Crippen LogP contribution in [0.1, 0.15) is 20.7 Å². The van der Waals surface area contributed by atoms with E-state index in [0.717, 1.165) is 0 Å². The highest BCUT2D eigenvalue weighted by Gasteiger charge is 2.14. The molecule has 7 heteroatoms. The van der Waals surface area contributed by atoms with Gasteiger partial charge in [-0.25, -0.2) is 15.6 Å². The van der Waals surface area contributed by atoms with E-state index in [-0.39, 0.29) is 11.3 Å². The average Bonchev–Trinajstić information content (AvgIpc) is 2.53. The predicted octanol–water partition coefficient (Wildman–Crippen LogP) is 1.13. The largest absolute Gasteiger partial charge is 0.422 e. The highest BCUT2D eigenvalue weighted by molar-refractivity contribution is 5.98. The van der Waals surface area contributed by atoms with Crippen LogP contribution >= 0.6 is 0 Å². The van der Waals surface area contributed by atoms with Gasteiger partial charge in [-0.1, -0.05) is 12.1 Å². The third-order valence-corrected chi connectivity index (χ3v) is 2.75. The van der Waals surface area contributed by atoms with E-state index in [1.807, 2.05) is 0 Å². The van der Waals surface area contributed by atoms with Crippen molar-refractivity contribution in [2.75, 3.05) is 0 Å². The summed E-state index contributed by atoms with van der Waals surface area (Å²) in [6, 6.07) is 12.6. The number of hydrazine groups is 1. The zero-order valence-electron chi connectivity index (χ0n) is 11.5. The molecule has 2 aromatic carbocycles. The van der Waals surface area contributed by atoms with Gasteiger partial charge in [0.15, 0.2) is 0 Å². The molecule has 0 spiro atoms. The number of nitrogens with one attached hydrogen (secondary N) is 1. The minimum absolute atomic E-state index is 0.120. The number of hydrogen-bond acceptors (Lipinski definition) is 5. The standard InChI is InChI=1S/C15H14N4O3/c16-14(20)12-3-1-2-4-13(12)22-15(21)10-5-7-11(8-6-10)18-9-19-17/h1-9H,17H2,(H2,16,20)(H,18,19). The summed E-state index contributed by atoms with van der Waals surface area (Å²) < 4.78 is 5.20. The van der Waals surface area contributed by atoms with Crippen molar-refractivity contribution in [3.63, 3.8) is 0 Å². The average molecular weight is 298 g/mol. The summed E-state index contributed by atoms with van der Waals surface area (Å²) in [7, 11) is 0.